The van der Waals surface area contributed by atoms with Gasteiger partial charge in [-0.2, -0.15) is 0 Å². The van der Waals surface area contributed by atoms with Crippen molar-refractivity contribution in [2.24, 2.45) is 0 Å². The van der Waals surface area contributed by atoms with Crippen LogP contribution in [0.1, 0.15) is 34.7 Å². The standard InChI is InChI=1S/C31H24F4N2O/c1-18-9-20(4-6-29(18)35)27-3-2-8-36-31(27)21(10-19-11-24(33)15-25(34)12-19)13-26(38)14-22-17-37-30-7-5-23(32)16-28(22)30/h2-9,11-12,15-17,21,37H,10,13-14H2,1H3/t21-/m1/s1. The SMILES string of the molecule is Cc1cc(-c2cccnc2[C@@H](CC(=O)Cc2c[nH]c3ccc(F)cc23)Cc2cc(F)cc(F)c2)ccc1F. The molecule has 2 aromatic heterocycles. The van der Waals surface area contributed by atoms with Gasteiger partial charge in [0.25, 0.3) is 0 Å². The molecule has 0 aliphatic rings. The molecule has 7 heteroatoms. The fraction of sp³-hybridized carbons (Fsp3) is 0.161. The van der Waals surface area contributed by atoms with Crippen molar-refractivity contribution in [1.29, 1.82) is 0 Å². The Labute approximate surface area is 217 Å². The lowest BCUT2D eigenvalue weighted by Crippen LogP contribution is -2.14. The summed E-state index contributed by atoms with van der Waals surface area (Å²) in [7, 11) is 0. The summed E-state index contributed by atoms with van der Waals surface area (Å²) in [5.41, 5.74) is 4.24. The maximum Gasteiger partial charge on any atom is 0.138 e. The van der Waals surface area contributed by atoms with Crippen molar-refractivity contribution >= 4 is 16.7 Å². The Hall–Kier alpha value is -4.26. The Kier molecular flexibility index (Phi) is 7.09. The number of Topliss-reactive ketones (excluding diaryl/α,β-unsaturated/α-hetero) is 1. The highest BCUT2D eigenvalue weighted by atomic mass is 19.1. The number of nitrogens with zero attached hydrogens (tertiary/aromatic N) is 1. The number of pyridine rings is 1. The molecule has 5 rings (SSSR count). The number of nitrogens with one attached hydrogen (secondary N) is 1. The van der Waals surface area contributed by atoms with Gasteiger partial charge < -0.3 is 4.98 Å². The summed E-state index contributed by atoms with van der Waals surface area (Å²) in [6.45, 7) is 1.66. The Morgan fingerprint density at radius 2 is 1.71 bits per heavy atom. The molecule has 1 N–H and O–H groups in total. The number of hydrogen-bond acceptors (Lipinski definition) is 2. The molecular formula is C31H24F4N2O. The van der Waals surface area contributed by atoms with Gasteiger partial charge in [0.15, 0.2) is 0 Å². The van der Waals surface area contributed by atoms with Crippen molar-refractivity contribution in [3.8, 4) is 11.1 Å². The number of rotatable bonds is 8. The Morgan fingerprint density at radius 1 is 0.921 bits per heavy atom. The number of benzene rings is 3. The van der Waals surface area contributed by atoms with Gasteiger partial charge in [-0.15, -0.1) is 0 Å². The lowest BCUT2D eigenvalue weighted by atomic mass is 9.85. The van der Waals surface area contributed by atoms with Crippen LogP contribution in [-0.2, 0) is 17.6 Å². The molecule has 192 valence electrons. The third-order valence-electron chi connectivity index (χ3n) is 6.69. The summed E-state index contributed by atoms with van der Waals surface area (Å²) >= 11 is 0. The van der Waals surface area contributed by atoms with Crippen molar-refractivity contribution in [2.45, 2.75) is 32.1 Å². The van der Waals surface area contributed by atoms with E-state index in [0.717, 1.165) is 17.1 Å². The number of fused-ring (bicyclic) bond motifs is 1. The third kappa shape index (κ3) is 5.52. The summed E-state index contributed by atoms with van der Waals surface area (Å²) in [6.07, 6.45) is 3.53. The summed E-state index contributed by atoms with van der Waals surface area (Å²) in [5, 5.41) is 0.627. The number of aromatic amines is 1. The number of carbonyl (C=O) groups excluding carboxylic acids is 1. The predicted molar refractivity (Wildman–Crippen MR) is 139 cm³/mol. The summed E-state index contributed by atoms with van der Waals surface area (Å²) < 4.78 is 55.8. The van der Waals surface area contributed by atoms with Crippen LogP contribution in [0.25, 0.3) is 22.0 Å². The van der Waals surface area contributed by atoms with Crippen LogP contribution in [0.2, 0.25) is 0 Å². The second-order valence-corrected chi connectivity index (χ2v) is 9.50. The van der Waals surface area contributed by atoms with E-state index >= 15 is 0 Å². The molecule has 0 aliphatic heterocycles. The Bertz CT molecular complexity index is 1620. The maximum atomic E-state index is 14.0. The van der Waals surface area contributed by atoms with Gasteiger partial charge in [0.05, 0.1) is 5.69 Å². The first-order chi connectivity index (χ1) is 18.3. The molecule has 0 fully saturated rings. The Morgan fingerprint density at radius 3 is 2.47 bits per heavy atom. The van der Waals surface area contributed by atoms with Crippen molar-refractivity contribution < 1.29 is 22.4 Å². The average molecular weight is 517 g/mol. The molecular weight excluding hydrogens is 492 g/mol. The van der Waals surface area contributed by atoms with Crippen LogP contribution >= 0.6 is 0 Å². The molecule has 0 bridgehead atoms. The van der Waals surface area contributed by atoms with E-state index in [1.54, 1.807) is 43.6 Å². The number of ketones is 1. The van der Waals surface area contributed by atoms with Crippen LogP contribution in [0.4, 0.5) is 17.6 Å². The summed E-state index contributed by atoms with van der Waals surface area (Å²) in [6, 6.07) is 15.9. The van der Waals surface area contributed by atoms with E-state index in [2.05, 4.69) is 9.97 Å². The molecule has 0 saturated carbocycles. The van der Waals surface area contributed by atoms with Gasteiger partial charge in [-0.05, 0) is 84.1 Å². The van der Waals surface area contributed by atoms with E-state index in [4.69, 9.17) is 0 Å². The van der Waals surface area contributed by atoms with Crippen LogP contribution < -0.4 is 0 Å². The first kappa shape index (κ1) is 25.4. The van der Waals surface area contributed by atoms with Gasteiger partial charge in [-0.3, -0.25) is 9.78 Å². The molecule has 3 aromatic carbocycles. The lowest BCUT2D eigenvalue weighted by Gasteiger charge is -2.20. The molecule has 0 radical (unpaired) electrons. The zero-order valence-electron chi connectivity index (χ0n) is 20.6. The minimum Gasteiger partial charge on any atom is -0.361 e. The van der Waals surface area contributed by atoms with Crippen molar-refractivity contribution in [2.75, 3.05) is 0 Å². The van der Waals surface area contributed by atoms with Crippen LogP contribution in [0.3, 0.4) is 0 Å². The highest BCUT2D eigenvalue weighted by molar-refractivity contribution is 5.90. The van der Waals surface area contributed by atoms with Crippen LogP contribution in [0, 0.1) is 30.2 Å². The maximum absolute atomic E-state index is 14.0. The minimum atomic E-state index is -0.707. The predicted octanol–water partition coefficient (Wildman–Crippen LogP) is 7.62. The van der Waals surface area contributed by atoms with E-state index in [0.29, 0.717) is 33.3 Å². The van der Waals surface area contributed by atoms with E-state index < -0.39 is 23.4 Å². The summed E-state index contributed by atoms with van der Waals surface area (Å²) in [4.78, 5) is 21.0. The van der Waals surface area contributed by atoms with Crippen molar-refractivity contribution in [3.63, 3.8) is 0 Å². The monoisotopic (exact) mass is 516 g/mol. The first-order valence-electron chi connectivity index (χ1n) is 12.2. The molecule has 0 saturated heterocycles. The minimum absolute atomic E-state index is 0.0321. The quantitative estimate of drug-likeness (QED) is 0.216. The zero-order valence-corrected chi connectivity index (χ0v) is 20.6. The second kappa shape index (κ2) is 10.6. The van der Waals surface area contributed by atoms with E-state index in [1.807, 2.05) is 6.07 Å². The van der Waals surface area contributed by atoms with Crippen LogP contribution in [-0.4, -0.2) is 15.8 Å². The largest absolute Gasteiger partial charge is 0.361 e. The third-order valence-corrected chi connectivity index (χ3v) is 6.69. The zero-order chi connectivity index (χ0) is 26.8. The van der Waals surface area contributed by atoms with Gasteiger partial charge >= 0.3 is 0 Å². The molecule has 0 amide bonds. The fourth-order valence-corrected chi connectivity index (χ4v) is 4.93. The first-order valence-corrected chi connectivity index (χ1v) is 12.2. The molecule has 1 atom stereocenters. The van der Waals surface area contributed by atoms with Crippen LogP contribution in [0.15, 0.2) is 79.1 Å². The van der Waals surface area contributed by atoms with Gasteiger partial charge in [-0.25, -0.2) is 17.6 Å². The van der Waals surface area contributed by atoms with E-state index in [-0.39, 0.29) is 30.9 Å². The number of carbonyl (C=O) groups is 1. The Balaban J connectivity index is 1.51. The molecule has 0 spiro atoms. The number of aromatic nitrogens is 2. The number of H-pyrrole nitrogens is 1. The van der Waals surface area contributed by atoms with E-state index in [1.165, 1.54) is 30.3 Å². The van der Waals surface area contributed by atoms with Gasteiger partial charge in [0.2, 0.25) is 0 Å². The average Bonchev–Trinajstić information content (AvgIpc) is 3.26. The molecule has 2 heterocycles. The normalized spacial score (nSPS) is 12.1. The topological polar surface area (TPSA) is 45.8 Å². The number of aryl methyl sites for hydroxylation is 1. The molecule has 3 nitrogen and oxygen atoms in total. The van der Waals surface area contributed by atoms with Crippen molar-refractivity contribution in [3.05, 3.63) is 125 Å². The molecule has 5 aromatic rings. The molecule has 38 heavy (non-hydrogen) atoms. The molecule has 0 unspecified atom stereocenters. The van der Waals surface area contributed by atoms with Crippen molar-refractivity contribution in [1.82, 2.24) is 9.97 Å². The van der Waals surface area contributed by atoms with E-state index in [9.17, 15) is 22.4 Å². The second-order valence-electron chi connectivity index (χ2n) is 9.50. The smallest absolute Gasteiger partial charge is 0.138 e. The number of halogens is 4. The molecule has 0 aliphatic carbocycles. The summed E-state index contributed by atoms with van der Waals surface area (Å²) in [5.74, 6) is -2.81. The van der Waals surface area contributed by atoms with Gasteiger partial charge in [-0.1, -0.05) is 12.1 Å². The number of hydrogen-bond donors (Lipinski definition) is 1. The van der Waals surface area contributed by atoms with Gasteiger partial charge in [0.1, 0.15) is 29.1 Å². The van der Waals surface area contributed by atoms with Gasteiger partial charge in [0, 0.05) is 53.7 Å². The highest BCUT2D eigenvalue weighted by Crippen LogP contribution is 2.34. The fourth-order valence-electron chi connectivity index (χ4n) is 4.93. The van der Waals surface area contributed by atoms with Crippen LogP contribution in [0.5, 0.6) is 0 Å². The lowest BCUT2D eigenvalue weighted by molar-refractivity contribution is -0.118. The highest BCUT2D eigenvalue weighted by Gasteiger charge is 2.23.